The first kappa shape index (κ1) is 48.3. The molecule has 0 aliphatic carbocycles. The van der Waals surface area contributed by atoms with Crippen LogP contribution in [-0.4, -0.2) is 110 Å². The molecule has 0 aromatic carbocycles. The molecule has 300 valence electrons. The van der Waals surface area contributed by atoms with Crippen molar-refractivity contribution in [3.63, 3.8) is 0 Å². The quantitative estimate of drug-likeness (QED) is 0.0459. The topological polar surface area (TPSA) is 308 Å². The summed E-state index contributed by atoms with van der Waals surface area (Å²) in [5.74, 6) is -12.1. The molecule has 0 unspecified atom stereocenters. The maximum absolute atomic E-state index is 12.6. The van der Waals surface area contributed by atoms with Crippen LogP contribution in [0.2, 0.25) is 0 Å². The van der Waals surface area contributed by atoms with Crippen molar-refractivity contribution in [3.05, 3.63) is 0 Å². The van der Waals surface area contributed by atoms with E-state index in [1.54, 1.807) is 13.8 Å². The second-order valence-electron chi connectivity index (χ2n) is 13.3. The Bertz CT molecular complexity index is 1300. The third-order valence-electron chi connectivity index (χ3n) is 8.75. The van der Waals surface area contributed by atoms with Crippen LogP contribution >= 0.6 is 0 Å². The van der Waals surface area contributed by atoms with Crippen molar-refractivity contribution >= 4 is 58.9 Å². The summed E-state index contributed by atoms with van der Waals surface area (Å²) < 4.78 is 0. The average molecular weight is 758 g/mol. The van der Waals surface area contributed by atoms with Crippen LogP contribution < -0.4 is 16.0 Å². The number of carbonyl (C=O) groups is 10. The number of carboxylic acid groups (broad SMARTS) is 4. The predicted octanol–water partition coefficient (Wildman–Crippen LogP) is 1.10. The molecule has 0 aliphatic heterocycles. The van der Waals surface area contributed by atoms with Gasteiger partial charge < -0.3 is 41.5 Å². The zero-order valence-electron chi connectivity index (χ0n) is 30.6. The van der Waals surface area contributed by atoms with Gasteiger partial charge in [0.2, 0.25) is 17.7 Å². The molecule has 0 saturated carbocycles. The zero-order valence-corrected chi connectivity index (χ0v) is 30.6. The number of carboxylic acids is 4. The van der Waals surface area contributed by atoms with Gasteiger partial charge in [0.15, 0.2) is 5.78 Å². The molecule has 8 N–H and O–H groups in total. The standard InChI is InChI=1S/C35H55N3O15/c1-4-21(28(42)19-39)7-5-6-16-36-29(43)15-12-26(35(52)53)38-30(44)13-8-22(32(46)47)17-24(40)10-11-25(34(50)51)37-31(45)14-9-23(33(48)49)18-27(41)20(2)3/h20-23,25-26,39H,4-19H2,1-3H3,(H,36,43)(H,37,45)(H,38,44)(H,46,47)(H,48,49)(H,50,51)(H,52,53)/t21-,22+,23+,25-,26-/m0/s1. The summed E-state index contributed by atoms with van der Waals surface area (Å²) in [5, 5.41) is 54.0. The fourth-order valence-corrected chi connectivity index (χ4v) is 5.27. The van der Waals surface area contributed by atoms with E-state index >= 15 is 0 Å². The highest BCUT2D eigenvalue weighted by atomic mass is 16.4. The van der Waals surface area contributed by atoms with Crippen molar-refractivity contribution in [2.75, 3.05) is 13.2 Å². The number of Topliss-reactive ketones (excluding diaryl/α,β-unsaturated/α-hetero) is 3. The molecule has 0 aliphatic rings. The number of hydrogen-bond acceptors (Lipinski definition) is 11. The zero-order chi connectivity index (χ0) is 40.7. The Morgan fingerprint density at radius 2 is 1.00 bits per heavy atom. The molecule has 18 nitrogen and oxygen atoms in total. The molecule has 0 rings (SSSR count). The van der Waals surface area contributed by atoms with E-state index in [2.05, 4.69) is 16.0 Å². The molecule has 5 atom stereocenters. The van der Waals surface area contributed by atoms with Crippen LogP contribution in [0.25, 0.3) is 0 Å². The van der Waals surface area contributed by atoms with Gasteiger partial charge >= 0.3 is 23.9 Å². The fourth-order valence-electron chi connectivity index (χ4n) is 5.27. The number of carbonyl (C=O) groups excluding carboxylic acids is 6. The summed E-state index contributed by atoms with van der Waals surface area (Å²) in [6, 6.07) is -2.99. The minimum absolute atomic E-state index is 0.222. The molecule has 0 radical (unpaired) electrons. The monoisotopic (exact) mass is 757 g/mol. The van der Waals surface area contributed by atoms with E-state index in [9.17, 15) is 68.4 Å². The molecule has 0 bridgehead atoms. The molecule has 0 aromatic heterocycles. The first-order chi connectivity index (χ1) is 24.8. The molecule has 0 fully saturated rings. The minimum atomic E-state index is -1.54. The van der Waals surface area contributed by atoms with E-state index in [1.807, 2.05) is 6.92 Å². The van der Waals surface area contributed by atoms with Gasteiger partial charge in [-0.3, -0.25) is 38.4 Å². The molecule has 0 aromatic rings. The molecule has 0 spiro atoms. The van der Waals surface area contributed by atoms with Crippen molar-refractivity contribution in [1.29, 1.82) is 0 Å². The van der Waals surface area contributed by atoms with Gasteiger partial charge in [-0.1, -0.05) is 27.2 Å². The van der Waals surface area contributed by atoms with Crippen LogP contribution in [0.5, 0.6) is 0 Å². The predicted molar refractivity (Wildman–Crippen MR) is 185 cm³/mol. The lowest BCUT2D eigenvalue weighted by atomic mass is 9.92. The fraction of sp³-hybridized carbons (Fsp3) is 0.714. The summed E-state index contributed by atoms with van der Waals surface area (Å²) in [5.41, 5.74) is 0. The lowest BCUT2D eigenvalue weighted by Gasteiger charge is -2.17. The van der Waals surface area contributed by atoms with Crippen molar-refractivity contribution in [1.82, 2.24) is 16.0 Å². The maximum atomic E-state index is 12.6. The van der Waals surface area contributed by atoms with E-state index in [1.165, 1.54) is 0 Å². The second-order valence-corrected chi connectivity index (χ2v) is 13.3. The summed E-state index contributed by atoms with van der Waals surface area (Å²) in [4.78, 5) is 120. The van der Waals surface area contributed by atoms with Crippen molar-refractivity contribution in [3.8, 4) is 0 Å². The Kier molecular flexibility index (Phi) is 23.8. The molecule has 18 heteroatoms. The third-order valence-corrected chi connectivity index (χ3v) is 8.75. The Balaban J connectivity index is 4.83. The SMILES string of the molecule is CC[C@@H](CCCCNC(=O)CC[C@H](NC(=O)CC[C@H](CC(=O)CC[C@H](NC(=O)CC[C@H](CC(=O)C(C)C)C(=O)O)C(=O)O)C(=O)O)C(=O)O)C(=O)CO. The highest BCUT2D eigenvalue weighted by Crippen LogP contribution is 2.18. The van der Waals surface area contributed by atoms with Crippen LogP contribution in [0.4, 0.5) is 0 Å². The second kappa shape index (κ2) is 26.1. The van der Waals surface area contributed by atoms with Crippen LogP contribution in [0, 0.1) is 23.7 Å². The summed E-state index contributed by atoms with van der Waals surface area (Å²) >= 11 is 0. The first-order valence-electron chi connectivity index (χ1n) is 17.8. The third kappa shape index (κ3) is 21.4. The normalized spacial score (nSPS) is 13.8. The Morgan fingerprint density at radius 1 is 0.528 bits per heavy atom. The number of aliphatic hydroxyl groups is 1. The van der Waals surface area contributed by atoms with Crippen molar-refractivity contribution in [2.24, 2.45) is 23.7 Å². The first-order valence-corrected chi connectivity index (χ1v) is 17.8. The van der Waals surface area contributed by atoms with E-state index in [0.29, 0.717) is 25.7 Å². The number of nitrogens with one attached hydrogen (secondary N) is 3. The van der Waals surface area contributed by atoms with E-state index < -0.39 is 116 Å². The van der Waals surface area contributed by atoms with E-state index in [4.69, 9.17) is 5.11 Å². The number of rotatable bonds is 31. The number of unbranched alkanes of at least 4 members (excludes halogenated alkanes) is 1. The Hall–Kier alpha value is -4.74. The highest BCUT2D eigenvalue weighted by Gasteiger charge is 2.28. The average Bonchev–Trinajstić information content (AvgIpc) is 3.08. The lowest BCUT2D eigenvalue weighted by molar-refractivity contribution is -0.145. The lowest BCUT2D eigenvalue weighted by Crippen LogP contribution is -2.42. The minimum Gasteiger partial charge on any atom is -0.481 e. The van der Waals surface area contributed by atoms with Gasteiger partial charge in [-0.2, -0.15) is 0 Å². The van der Waals surface area contributed by atoms with Crippen LogP contribution in [-0.2, 0) is 47.9 Å². The van der Waals surface area contributed by atoms with Crippen LogP contribution in [0.15, 0.2) is 0 Å². The molecule has 0 saturated heterocycles. The maximum Gasteiger partial charge on any atom is 0.326 e. The molecule has 0 heterocycles. The largest absolute Gasteiger partial charge is 0.481 e. The van der Waals surface area contributed by atoms with Crippen LogP contribution in [0.1, 0.15) is 111 Å². The molecule has 3 amide bonds. The number of aliphatic hydroxyl groups excluding tert-OH is 1. The van der Waals surface area contributed by atoms with Gasteiger partial charge in [0.25, 0.3) is 0 Å². The number of hydrogen-bond donors (Lipinski definition) is 8. The van der Waals surface area contributed by atoms with Crippen molar-refractivity contribution in [2.45, 2.75) is 123 Å². The van der Waals surface area contributed by atoms with Crippen molar-refractivity contribution < 1.29 is 73.5 Å². The summed E-state index contributed by atoms with van der Waals surface area (Å²) in [6.07, 6.45) is -1.30. The number of amides is 3. The van der Waals surface area contributed by atoms with Gasteiger partial charge in [-0.05, 0) is 44.9 Å². The molecular weight excluding hydrogens is 702 g/mol. The van der Waals surface area contributed by atoms with Gasteiger partial charge in [0.05, 0.1) is 11.8 Å². The number of aliphatic carboxylic acids is 4. The smallest absolute Gasteiger partial charge is 0.326 e. The molecule has 53 heavy (non-hydrogen) atoms. The highest BCUT2D eigenvalue weighted by molar-refractivity contribution is 5.88. The van der Waals surface area contributed by atoms with Gasteiger partial charge in [-0.25, -0.2) is 9.59 Å². The van der Waals surface area contributed by atoms with Gasteiger partial charge in [0, 0.05) is 56.9 Å². The Labute approximate surface area is 307 Å². The van der Waals surface area contributed by atoms with E-state index in [-0.39, 0.29) is 56.1 Å². The van der Waals surface area contributed by atoms with E-state index in [0.717, 1.165) is 0 Å². The van der Waals surface area contributed by atoms with Crippen LogP contribution in [0.3, 0.4) is 0 Å². The number of ketones is 3. The summed E-state index contributed by atoms with van der Waals surface area (Å²) in [7, 11) is 0. The summed E-state index contributed by atoms with van der Waals surface area (Å²) in [6.45, 7) is 4.81. The molecular formula is C35H55N3O15. The van der Waals surface area contributed by atoms with Gasteiger partial charge in [-0.15, -0.1) is 0 Å². The Morgan fingerprint density at radius 3 is 1.43 bits per heavy atom. The van der Waals surface area contributed by atoms with Gasteiger partial charge in [0.1, 0.15) is 30.3 Å².